The number of anilines is 1. The van der Waals surface area contributed by atoms with Gasteiger partial charge in [-0.3, -0.25) is 9.88 Å². The molecule has 0 aromatic carbocycles. The molecule has 0 aliphatic carbocycles. The molecule has 2 aromatic rings. The molecule has 4 rings (SSSR count). The maximum Gasteiger partial charge on any atom is 0.135 e. The van der Waals surface area contributed by atoms with Crippen molar-refractivity contribution < 1.29 is 0 Å². The molecule has 0 amide bonds. The highest BCUT2D eigenvalue weighted by atomic mass is 15.3. The maximum atomic E-state index is 4.69. The second-order valence-corrected chi connectivity index (χ2v) is 7.54. The molecule has 1 atom stereocenters. The minimum Gasteiger partial charge on any atom is -0.353 e. The SMILES string of the molecule is CC1CN(c2ncnc3c2CCN(Cc2cccnc2)CC3)CCN1C. The monoisotopic (exact) mass is 352 g/mol. The lowest BCUT2D eigenvalue weighted by atomic mass is 10.1. The summed E-state index contributed by atoms with van der Waals surface area (Å²) in [7, 11) is 2.21. The molecule has 2 aliphatic heterocycles. The van der Waals surface area contributed by atoms with Crippen LogP contribution in [0.25, 0.3) is 0 Å². The van der Waals surface area contributed by atoms with Crippen molar-refractivity contribution in [3.63, 3.8) is 0 Å². The lowest BCUT2D eigenvalue weighted by Crippen LogP contribution is -2.50. The number of pyridine rings is 1. The van der Waals surface area contributed by atoms with Crippen molar-refractivity contribution in [3.05, 3.63) is 47.7 Å². The van der Waals surface area contributed by atoms with Gasteiger partial charge in [0.05, 0.1) is 5.69 Å². The van der Waals surface area contributed by atoms with E-state index < -0.39 is 0 Å². The van der Waals surface area contributed by atoms with E-state index in [1.807, 2.05) is 18.5 Å². The van der Waals surface area contributed by atoms with E-state index in [1.54, 1.807) is 6.33 Å². The van der Waals surface area contributed by atoms with Crippen molar-refractivity contribution in [3.8, 4) is 0 Å². The van der Waals surface area contributed by atoms with Gasteiger partial charge >= 0.3 is 0 Å². The van der Waals surface area contributed by atoms with E-state index in [2.05, 4.69) is 44.7 Å². The lowest BCUT2D eigenvalue weighted by molar-refractivity contribution is 0.233. The summed E-state index contributed by atoms with van der Waals surface area (Å²) in [6.45, 7) is 8.51. The van der Waals surface area contributed by atoms with Crippen LogP contribution in [0.2, 0.25) is 0 Å². The standard InChI is InChI=1S/C20H28N6/c1-16-13-26(11-10-24(16)2)20-18-5-8-25(9-6-19(18)22-15-23-20)14-17-4-3-7-21-12-17/h3-4,7,12,15-16H,5-6,8-11,13-14H2,1-2H3. The highest BCUT2D eigenvalue weighted by Gasteiger charge is 2.26. The normalized spacial score (nSPS) is 22.1. The van der Waals surface area contributed by atoms with Crippen LogP contribution in [0.1, 0.15) is 23.7 Å². The molecule has 2 aromatic heterocycles. The van der Waals surface area contributed by atoms with Crippen molar-refractivity contribution in [1.82, 2.24) is 24.8 Å². The Hall–Kier alpha value is -2.05. The Labute approximate surface area is 155 Å². The summed E-state index contributed by atoms with van der Waals surface area (Å²) < 4.78 is 0. The molecule has 138 valence electrons. The summed E-state index contributed by atoms with van der Waals surface area (Å²) in [5, 5.41) is 0. The zero-order valence-electron chi connectivity index (χ0n) is 15.8. The Bertz CT molecular complexity index is 734. The van der Waals surface area contributed by atoms with Crippen LogP contribution in [-0.4, -0.2) is 70.6 Å². The van der Waals surface area contributed by atoms with Crippen molar-refractivity contribution in [1.29, 1.82) is 0 Å². The number of hydrogen-bond acceptors (Lipinski definition) is 6. The molecule has 1 saturated heterocycles. The predicted octanol–water partition coefficient (Wildman–Crippen LogP) is 1.61. The molecule has 1 unspecified atom stereocenters. The average molecular weight is 352 g/mol. The topological polar surface area (TPSA) is 48.4 Å². The van der Waals surface area contributed by atoms with Crippen LogP contribution in [0.5, 0.6) is 0 Å². The molecular weight excluding hydrogens is 324 g/mol. The number of piperazine rings is 1. The quantitative estimate of drug-likeness (QED) is 0.837. The number of rotatable bonds is 3. The Balaban J connectivity index is 1.50. The zero-order chi connectivity index (χ0) is 17.9. The van der Waals surface area contributed by atoms with Gasteiger partial charge in [-0.15, -0.1) is 0 Å². The Morgan fingerprint density at radius 2 is 2.00 bits per heavy atom. The summed E-state index contributed by atoms with van der Waals surface area (Å²) in [4.78, 5) is 21.0. The second kappa shape index (κ2) is 7.68. The third-order valence-electron chi connectivity index (χ3n) is 5.74. The number of nitrogens with zero attached hydrogens (tertiary/aromatic N) is 6. The molecular formula is C20H28N6. The van der Waals surface area contributed by atoms with E-state index >= 15 is 0 Å². The van der Waals surface area contributed by atoms with Crippen LogP contribution in [0.15, 0.2) is 30.9 Å². The molecule has 0 radical (unpaired) electrons. The molecule has 2 aliphatic rings. The molecule has 0 N–H and O–H groups in total. The summed E-state index contributed by atoms with van der Waals surface area (Å²) in [5.41, 5.74) is 3.87. The Kier molecular flexibility index (Phi) is 5.13. The summed E-state index contributed by atoms with van der Waals surface area (Å²) in [6.07, 6.45) is 7.57. The van der Waals surface area contributed by atoms with Crippen molar-refractivity contribution in [2.45, 2.75) is 32.4 Å². The van der Waals surface area contributed by atoms with E-state index in [0.717, 1.165) is 57.9 Å². The van der Waals surface area contributed by atoms with Crippen LogP contribution in [0.4, 0.5) is 5.82 Å². The fourth-order valence-electron chi connectivity index (χ4n) is 3.98. The minimum atomic E-state index is 0.558. The second-order valence-electron chi connectivity index (χ2n) is 7.54. The van der Waals surface area contributed by atoms with Crippen molar-refractivity contribution in [2.24, 2.45) is 0 Å². The minimum absolute atomic E-state index is 0.558. The van der Waals surface area contributed by atoms with Gasteiger partial charge in [-0.2, -0.15) is 0 Å². The van der Waals surface area contributed by atoms with E-state index in [9.17, 15) is 0 Å². The summed E-state index contributed by atoms with van der Waals surface area (Å²) in [6, 6.07) is 4.73. The molecule has 6 heteroatoms. The first kappa shape index (κ1) is 17.4. The van der Waals surface area contributed by atoms with Gasteiger partial charge in [0.25, 0.3) is 0 Å². The molecule has 1 fully saturated rings. The van der Waals surface area contributed by atoms with Gasteiger partial charge in [0.2, 0.25) is 0 Å². The van der Waals surface area contributed by atoms with Crippen molar-refractivity contribution in [2.75, 3.05) is 44.7 Å². The highest BCUT2D eigenvalue weighted by molar-refractivity contribution is 5.50. The first-order chi connectivity index (χ1) is 12.7. The van der Waals surface area contributed by atoms with Crippen LogP contribution >= 0.6 is 0 Å². The molecule has 0 spiro atoms. The molecule has 4 heterocycles. The molecule has 0 bridgehead atoms. The average Bonchev–Trinajstić information content (AvgIpc) is 2.87. The van der Waals surface area contributed by atoms with Gasteiger partial charge in [-0.1, -0.05) is 6.07 Å². The van der Waals surface area contributed by atoms with Gasteiger partial charge in [0.15, 0.2) is 0 Å². The Morgan fingerprint density at radius 1 is 1.12 bits per heavy atom. The number of likely N-dealkylation sites (N-methyl/N-ethyl adjacent to an activating group) is 1. The van der Waals surface area contributed by atoms with Crippen molar-refractivity contribution >= 4 is 5.82 Å². The van der Waals surface area contributed by atoms with E-state index in [0.29, 0.717) is 6.04 Å². The molecule has 0 saturated carbocycles. The highest BCUT2D eigenvalue weighted by Crippen LogP contribution is 2.26. The molecule has 26 heavy (non-hydrogen) atoms. The van der Waals surface area contributed by atoms with E-state index in [-0.39, 0.29) is 0 Å². The van der Waals surface area contributed by atoms with Crippen LogP contribution in [-0.2, 0) is 19.4 Å². The van der Waals surface area contributed by atoms with Gasteiger partial charge in [0.1, 0.15) is 12.1 Å². The van der Waals surface area contributed by atoms with E-state index in [1.165, 1.54) is 16.8 Å². The first-order valence-electron chi connectivity index (χ1n) is 9.60. The fraction of sp³-hybridized carbons (Fsp3) is 0.550. The van der Waals surface area contributed by atoms with Crippen LogP contribution in [0, 0.1) is 0 Å². The van der Waals surface area contributed by atoms with Gasteiger partial charge in [-0.25, -0.2) is 9.97 Å². The largest absolute Gasteiger partial charge is 0.353 e. The number of aromatic nitrogens is 3. The smallest absolute Gasteiger partial charge is 0.135 e. The first-order valence-corrected chi connectivity index (χ1v) is 9.60. The summed E-state index contributed by atoms with van der Waals surface area (Å²) in [5.74, 6) is 1.16. The third-order valence-corrected chi connectivity index (χ3v) is 5.74. The van der Waals surface area contributed by atoms with E-state index in [4.69, 9.17) is 4.98 Å². The Morgan fingerprint density at radius 3 is 2.81 bits per heavy atom. The molecule has 6 nitrogen and oxygen atoms in total. The maximum absolute atomic E-state index is 4.69. The third kappa shape index (κ3) is 3.71. The zero-order valence-corrected chi connectivity index (χ0v) is 15.8. The predicted molar refractivity (Wildman–Crippen MR) is 103 cm³/mol. The number of fused-ring (bicyclic) bond motifs is 1. The van der Waals surface area contributed by atoms with Crippen LogP contribution < -0.4 is 4.90 Å². The van der Waals surface area contributed by atoms with Gasteiger partial charge < -0.3 is 9.80 Å². The van der Waals surface area contributed by atoms with Gasteiger partial charge in [0, 0.05) is 69.7 Å². The number of hydrogen-bond donors (Lipinski definition) is 0. The van der Waals surface area contributed by atoms with Crippen LogP contribution in [0.3, 0.4) is 0 Å². The fourth-order valence-corrected chi connectivity index (χ4v) is 3.98. The lowest BCUT2D eigenvalue weighted by Gasteiger charge is -2.39. The van der Waals surface area contributed by atoms with Gasteiger partial charge in [-0.05, 0) is 32.0 Å². The summed E-state index contributed by atoms with van der Waals surface area (Å²) >= 11 is 0.